The quantitative estimate of drug-likeness (QED) is 0.836. The zero-order chi connectivity index (χ0) is 11.9. The molecule has 0 radical (unpaired) electrons. The molecule has 0 aromatic heterocycles. The fourth-order valence-electron chi connectivity index (χ4n) is 1.65. The van der Waals surface area contributed by atoms with Crippen LogP contribution in [0.3, 0.4) is 0 Å². The van der Waals surface area contributed by atoms with Crippen LogP contribution < -0.4 is 4.46 Å². The number of hydrogen-bond donors (Lipinski definition) is 1. The van der Waals surface area contributed by atoms with Gasteiger partial charge in [-0.1, -0.05) is 0 Å². The molecule has 2 aromatic carbocycles. The summed E-state index contributed by atoms with van der Waals surface area (Å²) >= 11 is 0.370. The van der Waals surface area contributed by atoms with Crippen LogP contribution in [-0.2, 0) is 6.42 Å². The van der Waals surface area contributed by atoms with Crippen LogP contribution in [0, 0.1) is 0 Å². The zero-order valence-electron chi connectivity index (χ0n) is 9.62. The van der Waals surface area contributed by atoms with Crippen LogP contribution in [0.2, 0.25) is 5.32 Å². The second-order valence-corrected chi connectivity index (χ2v) is 6.26. The van der Waals surface area contributed by atoms with Gasteiger partial charge in [0.25, 0.3) is 0 Å². The molecule has 0 saturated heterocycles. The maximum atomic E-state index is 9.98. The predicted octanol–water partition coefficient (Wildman–Crippen LogP) is 2.04. The molecule has 0 saturated carbocycles. The van der Waals surface area contributed by atoms with Gasteiger partial charge in [-0.15, -0.1) is 0 Å². The Morgan fingerprint density at radius 3 is 2.12 bits per heavy atom. The first kappa shape index (κ1) is 12.4. The summed E-state index contributed by atoms with van der Waals surface area (Å²) in [6, 6.07) is 20.6. The van der Waals surface area contributed by atoms with Crippen LogP contribution in [0.5, 0.6) is 0 Å². The Balaban J connectivity index is 1.80. The molecule has 1 nitrogen and oxygen atoms in total. The Morgan fingerprint density at radius 2 is 1.47 bits per heavy atom. The summed E-state index contributed by atoms with van der Waals surface area (Å²) in [5, 5.41) is 10.9. The fraction of sp³-hybridized carbons (Fsp3) is 0.200. The molecule has 88 valence electrons. The molecule has 0 fully saturated rings. The van der Waals surface area contributed by atoms with Crippen LogP contribution in [0.4, 0.5) is 0 Å². The Kier molecular flexibility index (Phi) is 4.81. The van der Waals surface area contributed by atoms with Crippen molar-refractivity contribution < 1.29 is 5.11 Å². The van der Waals surface area contributed by atoms with Crippen LogP contribution >= 0.6 is 0 Å². The Morgan fingerprint density at radius 1 is 0.882 bits per heavy atom. The van der Waals surface area contributed by atoms with Crippen molar-refractivity contribution >= 4 is 19.4 Å². The molecule has 0 amide bonds. The second-order valence-electron chi connectivity index (χ2n) is 3.97. The summed E-state index contributed by atoms with van der Waals surface area (Å²) in [5.41, 5.74) is 1.21. The van der Waals surface area contributed by atoms with Gasteiger partial charge in [0.2, 0.25) is 0 Å². The van der Waals surface area contributed by atoms with Gasteiger partial charge in [0.05, 0.1) is 0 Å². The van der Waals surface area contributed by atoms with Gasteiger partial charge in [-0.25, -0.2) is 0 Å². The van der Waals surface area contributed by atoms with Gasteiger partial charge in [0.15, 0.2) is 0 Å². The van der Waals surface area contributed by atoms with E-state index in [2.05, 4.69) is 36.4 Å². The average Bonchev–Trinajstić information content (AvgIpc) is 2.39. The van der Waals surface area contributed by atoms with Crippen LogP contribution in [0.15, 0.2) is 60.7 Å². The monoisotopic (exact) mass is 292 g/mol. The van der Waals surface area contributed by atoms with Gasteiger partial charge < -0.3 is 0 Å². The van der Waals surface area contributed by atoms with E-state index < -0.39 is 0 Å². The van der Waals surface area contributed by atoms with Crippen LogP contribution in [-0.4, -0.2) is 26.2 Å². The first-order valence-electron chi connectivity index (χ1n) is 5.74. The molecule has 0 spiro atoms. The molecule has 1 unspecified atom stereocenters. The van der Waals surface area contributed by atoms with Crippen LogP contribution in [0.1, 0.15) is 5.56 Å². The standard InChI is InChI=1S/C15H16OSe/c16-14(11-13-7-3-1-4-8-13)12-17-15-9-5-2-6-10-15/h1-10,14,16H,11-12H2. The van der Waals surface area contributed by atoms with E-state index >= 15 is 0 Å². The van der Waals surface area contributed by atoms with Crippen molar-refractivity contribution in [3.8, 4) is 0 Å². The van der Waals surface area contributed by atoms with Gasteiger partial charge in [-0.05, 0) is 0 Å². The zero-order valence-corrected chi connectivity index (χ0v) is 11.3. The van der Waals surface area contributed by atoms with Gasteiger partial charge >= 0.3 is 109 Å². The molecule has 0 bridgehead atoms. The van der Waals surface area contributed by atoms with Crippen molar-refractivity contribution in [2.75, 3.05) is 0 Å². The van der Waals surface area contributed by atoms with E-state index in [4.69, 9.17) is 0 Å². The minimum atomic E-state index is -0.224. The molecule has 17 heavy (non-hydrogen) atoms. The van der Waals surface area contributed by atoms with Crippen LogP contribution in [0.25, 0.3) is 0 Å². The van der Waals surface area contributed by atoms with E-state index in [0.29, 0.717) is 15.0 Å². The summed E-state index contributed by atoms with van der Waals surface area (Å²) in [6.45, 7) is 0. The van der Waals surface area contributed by atoms with Gasteiger partial charge in [-0.3, -0.25) is 0 Å². The fourth-order valence-corrected chi connectivity index (χ4v) is 3.44. The van der Waals surface area contributed by atoms with Gasteiger partial charge in [0.1, 0.15) is 0 Å². The van der Waals surface area contributed by atoms with Crippen molar-refractivity contribution in [2.24, 2.45) is 0 Å². The van der Waals surface area contributed by atoms with Crippen molar-refractivity contribution in [2.45, 2.75) is 17.8 Å². The molecule has 0 aliphatic carbocycles. The summed E-state index contributed by atoms with van der Waals surface area (Å²) < 4.78 is 1.35. The third kappa shape index (κ3) is 4.35. The molecule has 0 aliphatic rings. The minimum absolute atomic E-state index is 0.224. The predicted molar refractivity (Wildman–Crippen MR) is 72.8 cm³/mol. The molecule has 2 heteroatoms. The molecule has 1 N–H and O–H groups in total. The molecule has 2 rings (SSSR count). The molecule has 0 aliphatic heterocycles. The van der Waals surface area contributed by atoms with E-state index in [9.17, 15) is 5.11 Å². The topological polar surface area (TPSA) is 20.2 Å². The number of benzene rings is 2. The third-order valence-electron chi connectivity index (χ3n) is 2.50. The van der Waals surface area contributed by atoms with Gasteiger partial charge in [-0.2, -0.15) is 0 Å². The van der Waals surface area contributed by atoms with Gasteiger partial charge in [0, 0.05) is 0 Å². The summed E-state index contributed by atoms with van der Waals surface area (Å²) in [4.78, 5) is 0. The van der Waals surface area contributed by atoms with Crippen molar-refractivity contribution in [3.63, 3.8) is 0 Å². The van der Waals surface area contributed by atoms with E-state index in [-0.39, 0.29) is 6.10 Å². The third-order valence-corrected chi connectivity index (χ3v) is 4.93. The number of hydrogen-bond acceptors (Lipinski definition) is 1. The maximum absolute atomic E-state index is 9.98. The molecule has 0 heterocycles. The number of aliphatic hydroxyl groups is 1. The number of rotatable bonds is 5. The van der Waals surface area contributed by atoms with Crippen molar-refractivity contribution in [1.82, 2.24) is 0 Å². The first-order chi connectivity index (χ1) is 8.34. The SMILES string of the molecule is OC(C[Se]c1ccccc1)Cc1ccccc1. The van der Waals surface area contributed by atoms with E-state index in [1.54, 1.807) is 0 Å². The van der Waals surface area contributed by atoms with E-state index in [1.165, 1.54) is 10.0 Å². The molecule has 2 aromatic rings. The molecule has 1 atom stereocenters. The number of aliphatic hydroxyl groups excluding tert-OH is 1. The second kappa shape index (κ2) is 6.61. The summed E-state index contributed by atoms with van der Waals surface area (Å²) in [5.74, 6) is 0. The summed E-state index contributed by atoms with van der Waals surface area (Å²) in [7, 11) is 0. The Bertz CT molecular complexity index is 427. The summed E-state index contributed by atoms with van der Waals surface area (Å²) in [6.07, 6.45) is 0.535. The van der Waals surface area contributed by atoms with E-state index in [1.807, 2.05) is 24.3 Å². The molecular weight excluding hydrogens is 275 g/mol. The average molecular weight is 291 g/mol. The van der Waals surface area contributed by atoms with Crippen molar-refractivity contribution in [3.05, 3.63) is 66.2 Å². The van der Waals surface area contributed by atoms with Crippen molar-refractivity contribution in [1.29, 1.82) is 0 Å². The van der Waals surface area contributed by atoms with E-state index in [0.717, 1.165) is 11.7 Å². The first-order valence-corrected chi connectivity index (χ1v) is 7.81. The molecular formula is C15H16OSe. The Labute approximate surface area is 109 Å². The Hall–Kier alpha value is -1.08. The normalized spacial score (nSPS) is 12.3.